The van der Waals surface area contributed by atoms with Crippen molar-refractivity contribution in [3.05, 3.63) is 70.8 Å². The first-order valence-corrected chi connectivity index (χ1v) is 10.6. The number of ketones is 1. The molecule has 2 aromatic carbocycles. The van der Waals surface area contributed by atoms with Gasteiger partial charge in [-0.2, -0.15) is 0 Å². The molecule has 0 aliphatic carbocycles. The summed E-state index contributed by atoms with van der Waals surface area (Å²) in [6.45, 7) is 4.71. The molecule has 0 aromatic heterocycles. The third-order valence-electron chi connectivity index (χ3n) is 5.15. The molecule has 164 valence electrons. The van der Waals surface area contributed by atoms with Crippen molar-refractivity contribution in [3.8, 4) is 17.2 Å². The molecule has 31 heavy (non-hydrogen) atoms. The molecule has 1 unspecified atom stereocenters. The van der Waals surface area contributed by atoms with Crippen LogP contribution in [0.3, 0.4) is 0 Å². The predicted octanol–water partition coefficient (Wildman–Crippen LogP) is 5.71. The van der Waals surface area contributed by atoms with Gasteiger partial charge >= 0.3 is 0 Å². The first-order chi connectivity index (χ1) is 15.0. The number of methoxy groups -OCH3 is 1. The standard InChI is InChI=1S/C26H30O5/c1-18(2)7-13-22-24(29-3)16-14-21(26(22)28)23(27)15-10-19-8-11-20(12-9-19)31-25-6-4-5-17-30-25/h7-12,14-16,25,28H,4-6,13,17H2,1-3H3. The SMILES string of the molecule is COc1ccc(C(=O)C=Cc2ccc(OC3CCCCO3)cc2)c(O)c1CC=C(C)C. The van der Waals surface area contributed by atoms with Gasteiger partial charge in [0.2, 0.25) is 0 Å². The van der Waals surface area contributed by atoms with E-state index in [1.165, 1.54) is 6.08 Å². The number of allylic oxidation sites excluding steroid dienone is 3. The van der Waals surface area contributed by atoms with E-state index in [1.807, 2.05) is 44.2 Å². The van der Waals surface area contributed by atoms with E-state index in [2.05, 4.69) is 0 Å². The number of phenols is 1. The van der Waals surface area contributed by atoms with Crippen molar-refractivity contribution in [1.29, 1.82) is 0 Å². The molecule has 3 rings (SSSR count). The van der Waals surface area contributed by atoms with Crippen molar-refractivity contribution in [2.75, 3.05) is 13.7 Å². The van der Waals surface area contributed by atoms with Crippen LogP contribution in [0.4, 0.5) is 0 Å². The van der Waals surface area contributed by atoms with Gasteiger partial charge < -0.3 is 19.3 Å². The molecule has 0 radical (unpaired) electrons. The number of rotatable bonds is 8. The highest BCUT2D eigenvalue weighted by molar-refractivity contribution is 6.09. The van der Waals surface area contributed by atoms with Crippen molar-refractivity contribution in [1.82, 2.24) is 0 Å². The van der Waals surface area contributed by atoms with Crippen molar-refractivity contribution in [3.63, 3.8) is 0 Å². The van der Waals surface area contributed by atoms with Crippen molar-refractivity contribution < 1.29 is 24.1 Å². The highest BCUT2D eigenvalue weighted by Gasteiger charge is 2.17. The monoisotopic (exact) mass is 422 g/mol. The van der Waals surface area contributed by atoms with Gasteiger partial charge in [0.25, 0.3) is 0 Å². The first kappa shape index (κ1) is 22.6. The Morgan fingerprint density at radius 1 is 1.16 bits per heavy atom. The highest BCUT2D eigenvalue weighted by Crippen LogP contribution is 2.33. The van der Waals surface area contributed by atoms with Crippen LogP contribution in [-0.2, 0) is 11.2 Å². The number of ether oxygens (including phenoxy) is 3. The van der Waals surface area contributed by atoms with E-state index in [1.54, 1.807) is 25.3 Å². The maximum atomic E-state index is 12.7. The van der Waals surface area contributed by atoms with E-state index in [-0.39, 0.29) is 23.4 Å². The van der Waals surface area contributed by atoms with Crippen molar-refractivity contribution in [2.45, 2.75) is 45.8 Å². The third-order valence-corrected chi connectivity index (χ3v) is 5.15. The van der Waals surface area contributed by atoms with Gasteiger partial charge in [0.05, 0.1) is 19.3 Å². The van der Waals surface area contributed by atoms with E-state index < -0.39 is 0 Å². The minimum absolute atomic E-state index is 0.0391. The zero-order valence-corrected chi connectivity index (χ0v) is 18.4. The number of carbonyl (C=O) groups excluding carboxylic acids is 1. The Hall–Kier alpha value is -3.05. The van der Waals surface area contributed by atoms with E-state index >= 15 is 0 Å². The summed E-state index contributed by atoms with van der Waals surface area (Å²) in [7, 11) is 1.55. The zero-order chi connectivity index (χ0) is 22.2. The Bertz CT molecular complexity index is 947. The molecule has 0 spiro atoms. The molecule has 0 amide bonds. The van der Waals surface area contributed by atoms with Crippen LogP contribution in [0.1, 0.15) is 54.6 Å². The van der Waals surface area contributed by atoms with Gasteiger partial charge in [-0.05, 0) is 69.0 Å². The van der Waals surface area contributed by atoms with Gasteiger partial charge in [0, 0.05) is 12.0 Å². The minimum atomic E-state index is -0.269. The summed E-state index contributed by atoms with van der Waals surface area (Å²) in [6.07, 6.45) is 8.58. The first-order valence-electron chi connectivity index (χ1n) is 10.6. The molecular formula is C26H30O5. The predicted molar refractivity (Wildman–Crippen MR) is 122 cm³/mol. The van der Waals surface area contributed by atoms with Crippen LogP contribution in [0.2, 0.25) is 0 Å². The lowest BCUT2D eigenvalue weighted by Crippen LogP contribution is -2.24. The molecule has 1 N–H and O–H groups in total. The topological polar surface area (TPSA) is 65.0 Å². The fourth-order valence-corrected chi connectivity index (χ4v) is 3.39. The Labute approximate surface area is 184 Å². The lowest BCUT2D eigenvalue weighted by Gasteiger charge is -2.23. The van der Waals surface area contributed by atoms with E-state index in [0.29, 0.717) is 17.7 Å². The Kier molecular flexibility index (Phi) is 7.90. The fourth-order valence-electron chi connectivity index (χ4n) is 3.39. The maximum Gasteiger partial charge on any atom is 0.199 e. The van der Waals surface area contributed by atoms with Gasteiger partial charge in [-0.25, -0.2) is 0 Å². The average molecular weight is 423 g/mol. The highest BCUT2D eigenvalue weighted by atomic mass is 16.7. The average Bonchev–Trinajstić information content (AvgIpc) is 2.78. The Morgan fingerprint density at radius 2 is 1.94 bits per heavy atom. The van der Waals surface area contributed by atoms with Crippen LogP contribution in [-0.4, -0.2) is 30.9 Å². The summed E-state index contributed by atoms with van der Waals surface area (Å²) in [5.41, 5.74) is 2.85. The Balaban J connectivity index is 1.70. The second-order valence-electron chi connectivity index (χ2n) is 7.81. The normalized spacial score (nSPS) is 16.2. The smallest absolute Gasteiger partial charge is 0.199 e. The van der Waals surface area contributed by atoms with Crippen LogP contribution in [0, 0.1) is 0 Å². The van der Waals surface area contributed by atoms with Crippen LogP contribution >= 0.6 is 0 Å². The lowest BCUT2D eigenvalue weighted by atomic mass is 10.0. The van der Waals surface area contributed by atoms with Crippen LogP contribution in [0.25, 0.3) is 6.08 Å². The molecule has 0 saturated carbocycles. The fraction of sp³-hybridized carbons (Fsp3) is 0.346. The second-order valence-corrected chi connectivity index (χ2v) is 7.81. The Morgan fingerprint density at radius 3 is 2.58 bits per heavy atom. The number of hydrogen-bond donors (Lipinski definition) is 1. The molecule has 1 aliphatic heterocycles. The number of phenolic OH excluding ortho intramolecular Hbond substituents is 1. The largest absolute Gasteiger partial charge is 0.507 e. The summed E-state index contributed by atoms with van der Waals surface area (Å²) >= 11 is 0. The molecule has 1 atom stereocenters. The lowest BCUT2D eigenvalue weighted by molar-refractivity contribution is -0.105. The van der Waals surface area contributed by atoms with Gasteiger partial charge in [0.15, 0.2) is 12.1 Å². The summed E-state index contributed by atoms with van der Waals surface area (Å²) in [6, 6.07) is 10.8. The van der Waals surface area contributed by atoms with Crippen LogP contribution in [0.15, 0.2) is 54.1 Å². The molecule has 5 nitrogen and oxygen atoms in total. The summed E-state index contributed by atoms with van der Waals surface area (Å²) in [5, 5.41) is 10.7. The zero-order valence-electron chi connectivity index (χ0n) is 18.4. The maximum absolute atomic E-state index is 12.7. The molecule has 1 saturated heterocycles. The molecule has 5 heteroatoms. The van der Waals surface area contributed by atoms with Gasteiger partial charge in [-0.1, -0.05) is 29.9 Å². The number of hydrogen-bond acceptors (Lipinski definition) is 5. The van der Waals surface area contributed by atoms with E-state index in [9.17, 15) is 9.90 Å². The number of aromatic hydroxyl groups is 1. The summed E-state index contributed by atoms with van der Waals surface area (Å²) in [5.74, 6) is 0.998. The van der Waals surface area contributed by atoms with Gasteiger partial charge in [0.1, 0.15) is 17.2 Å². The third kappa shape index (κ3) is 6.22. The van der Waals surface area contributed by atoms with Crippen molar-refractivity contribution >= 4 is 11.9 Å². The molecule has 1 fully saturated rings. The van der Waals surface area contributed by atoms with Crippen LogP contribution < -0.4 is 9.47 Å². The molecule has 2 aromatic rings. The van der Waals surface area contributed by atoms with Crippen LogP contribution in [0.5, 0.6) is 17.2 Å². The molecule has 1 aliphatic rings. The molecule has 1 heterocycles. The van der Waals surface area contributed by atoms with E-state index in [0.717, 1.165) is 42.8 Å². The molecular weight excluding hydrogens is 392 g/mol. The summed E-state index contributed by atoms with van der Waals surface area (Å²) in [4.78, 5) is 12.7. The van der Waals surface area contributed by atoms with E-state index in [4.69, 9.17) is 14.2 Å². The number of benzene rings is 2. The minimum Gasteiger partial charge on any atom is -0.507 e. The van der Waals surface area contributed by atoms with Gasteiger partial charge in [-0.3, -0.25) is 4.79 Å². The van der Waals surface area contributed by atoms with Gasteiger partial charge in [-0.15, -0.1) is 0 Å². The quantitative estimate of drug-likeness (QED) is 0.335. The van der Waals surface area contributed by atoms with Crippen molar-refractivity contribution in [2.24, 2.45) is 0 Å². The summed E-state index contributed by atoms with van der Waals surface area (Å²) < 4.78 is 16.8. The number of carbonyl (C=O) groups is 1. The molecule has 0 bridgehead atoms. The second kappa shape index (κ2) is 10.8.